The van der Waals surface area contributed by atoms with Crippen LogP contribution >= 0.6 is 11.6 Å². The van der Waals surface area contributed by atoms with Crippen molar-refractivity contribution in [1.82, 2.24) is 0 Å². The minimum atomic E-state index is -3.84. The molecular formula is C14H14ClN3O4S. The number of methoxy groups -OCH3 is 1. The van der Waals surface area contributed by atoms with E-state index in [0.717, 1.165) is 0 Å². The first-order valence-corrected chi connectivity index (χ1v) is 8.26. The summed E-state index contributed by atoms with van der Waals surface area (Å²) in [6.45, 7) is 0. The summed E-state index contributed by atoms with van der Waals surface area (Å²) in [5.74, 6) is 0.485. The molecule has 0 aromatic heterocycles. The summed E-state index contributed by atoms with van der Waals surface area (Å²) < 4.78 is 27.6. The van der Waals surface area contributed by atoms with Crippen LogP contribution in [0.2, 0.25) is 5.02 Å². The molecule has 0 aliphatic carbocycles. The van der Waals surface area contributed by atoms with E-state index in [1.807, 2.05) is 0 Å². The number of nitrogens with two attached hydrogens (primary N) is 1. The van der Waals surface area contributed by atoms with Gasteiger partial charge in [-0.05, 0) is 36.4 Å². The lowest BCUT2D eigenvalue weighted by molar-refractivity contribution is 0.262. The summed E-state index contributed by atoms with van der Waals surface area (Å²) in [5.41, 5.74) is 0.740. The number of halogens is 1. The topological polar surface area (TPSA) is 111 Å². The van der Waals surface area contributed by atoms with Crippen LogP contribution in [0, 0.1) is 0 Å². The Labute approximate surface area is 138 Å². The van der Waals surface area contributed by atoms with E-state index < -0.39 is 16.1 Å². The van der Waals surface area contributed by atoms with Gasteiger partial charge in [0.1, 0.15) is 5.75 Å². The number of nitrogens with one attached hydrogen (secondary N) is 2. The van der Waals surface area contributed by atoms with Gasteiger partial charge in [-0.1, -0.05) is 17.7 Å². The quantitative estimate of drug-likeness (QED) is 0.782. The van der Waals surface area contributed by atoms with Crippen LogP contribution in [-0.4, -0.2) is 21.6 Å². The van der Waals surface area contributed by atoms with Gasteiger partial charge >= 0.3 is 6.03 Å². The Balaban J connectivity index is 2.09. The van der Waals surface area contributed by atoms with Crippen molar-refractivity contribution in [2.45, 2.75) is 4.90 Å². The van der Waals surface area contributed by atoms with Crippen LogP contribution in [0.1, 0.15) is 0 Å². The van der Waals surface area contributed by atoms with Crippen LogP contribution in [0.4, 0.5) is 16.2 Å². The number of rotatable bonds is 4. The fourth-order valence-corrected chi connectivity index (χ4v) is 2.61. The first kappa shape index (κ1) is 17.1. The van der Waals surface area contributed by atoms with E-state index in [1.54, 1.807) is 12.1 Å². The Kier molecular flexibility index (Phi) is 5.09. The summed E-state index contributed by atoms with van der Waals surface area (Å²) >= 11 is 5.97. The van der Waals surface area contributed by atoms with Crippen molar-refractivity contribution in [2.75, 3.05) is 17.7 Å². The Morgan fingerprint density at radius 2 is 1.78 bits per heavy atom. The molecule has 2 aromatic carbocycles. The number of ether oxygens (including phenoxy) is 1. The van der Waals surface area contributed by atoms with Gasteiger partial charge in [-0.3, -0.25) is 0 Å². The standard InChI is InChI=1S/C14H14ClN3O4S/c1-22-13-6-5-10(8-12(13)15)18-14(19)17-9-3-2-4-11(7-9)23(16,20)21/h2-8H,1H3,(H2,16,20,21)(H2,17,18,19). The largest absolute Gasteiger partial charge is 0.495 e. The molecule has 0 unspecified atom stereocenters. The lowest BCUT2D eigenvalue weighted by Crippen LogP contribution is -2.20. The van der Waals surface area contributed by atoms with Crippen molar-refractivity contribution >= 4 is 39.0 Å². The van der Waals surface area contributed by atoms with E-state index in [-0.39, 0.29) is 10.6 Å². The Hall–Kier alpha value is -2.29. The van der Waals surface area contributed by atoms with Crippen molar-refractivity contribution in [2.24, 2.45) is 5.14 Å². The first-order valence-electron chi connectivity index (χ1n) is 6.34. The molecule has 0 atom stereocenters. The van der Waals surface area contributed by atoms with Gasteiger partial charge < -0.3 is 15.4 Å². The molecule has 0 aliphatic rings. The average Bonchev–Trinajstić information content (AvgIpc) is 2.46. The van der Waals surface area contributed by atoms with Gasteiger partial charge in [-0.2, -0.15) is 0 Å². The van der Waals surface area contributed by atoms with Gasteiger partial charge in [0.05, 0.1) is 17.0 Å². The number of anilines is 2. The minimum Gasteiger partial charge on any atom is -0.495 e. The fourth-order valence-electron chi connectivity index (χ4n) is 1.79. The molecular weight excluding hydrogens is 342 g/mol. The van der Waals surface area contributed by atoms with Crippen LogP contribution in [0.3, 0.4) is 0 Å². The third-order valence-corrected chi connectivity index (χ3v) is 4.04. The number of urea groups is 1. The normalized spacial score (nSPS) is 10.9. The molecule has 0 spiro atoms. The SMILES string of the molecule is COc1ccc(NC(=O)Nc2cccc(S(N)(=O)=O)c2)cc1Cl. The molecule has 2 aromatic rings. The zero-order valence-corrected chi connectivity index (χ0v) is 13.6. The Morgan fingerprint density at radius 3 is 2.35 bits per heavy atom. The number of amides is 2. The molecule has 0 saturated heterocycles. The maximum atomic E-state index is 11.9. The number of carbonyl (C=O) groups is 1. The van der Waals surface area contributed by atoms with Crippen molar-refractivity contribution in [3.05, 3.63) is 47.5 Å². The number of primary sulfonamides is 1. The van der Waals surface area contributed by atoms with Gasteiger partial charge in [0.2, 0.25) is 10.0 Å². The molecule has 0 heterocycles. The van der Waals surface area contributed by atoms with Crippen molar-refractivity contribution in [1.29, 1.82) is 0 Å². The highest BCUT2D eigenvalue weighted by Crippen LogP contribution is 2.27. The molecule has 0 fully saturated rings. The number of hydrogen-bond donors (Lipinski definition) is 3. The summed E-state index contributed by atoms with van der Waals surface area (Å²) in [7, 11) is -2.35. The number of benzene rings is 2. The number of carbonyl (C=O) groups excluding carboxylic acids is 1. The van der Waals surface area contributed by atoms with Crippen molar-refractivity contribution < 1.29 is 17.9 Å². The van der Waals surface area contributed by atoms with Crippen LogP contribution in [-0.2, 0) is 10.0 Å². The average molecular weight is 356 g/mol. The van der Waals surface area contributed by atoms with Crippen molar-refractivity contribution in [3.8, 4) is 5.75 Å². The van der Waals surface area contributed by atoms with E-state index in [2.05, 4.69) is 10.6 Å². The first-order chi connectivity index (χ1) is 10.8. The van der Waals surface area contributed by atoms with E-state index in [4.69, 9.17) is 21.5 Å². The van der Waals surface area contributed by atoms with E-state index in [1.165, 1.54) is 37.4 Å². The molecule has 4 N–H and O–H groups in total. The maximum absolute atomic E-state index is 11.9. The lowest BCUT2D eigenvalue weighted by atomic mass is 10.3. The molecule has 0 radical (unpaired) electrons. The molecule has 122 valence electrons. The summed E-state index contributed by atoms with van der Waals surface area (Å²) in [5, 5.41) is 10.5. The van der Waals surface area contributed by atoms with Gasteiger partial charge in [0, 0.05) is 11.4 Å². The van der Waals surface area contributed by atoms with E-state index >= 15 is 0 Å². The van der Waals surface area contributed by atoms with Crippen LogP contribution in [0.25, 0.3) is 0 Å². The van der Waals surface area contributed by atoms with Gasteiger partial charge in [-0.25, -0.2) is 18.4 Å². The Morgan fingerprint density at radius 1 is 1.13 bits per heavy atom. The summed E-state index contributed by atoms with van der Waals surface area (Å²) in [4.78, 5) is 11.8. The van der Waals surface area contributed by atoms with Crippen molar-refractivity contribution in [3.63, 3.8) is 0 Å². The highest BCUT2D eigenvalue weighted by atomic mass is 35.5. The highest BCUT2D eigenvalue weighted by molar-refractivity contribution is 7.89. The zero-order chi connectivity index (χ0) is 17.0. The third-order valence-electron chi connectivity index (χ3n) is 2.83. The van der Waals surface area contributed by atoms with Crippen LogP contribution < -0.4 is 20.5 Å². The second kappa shape index (κ2) is 6.86. The zero-order valence-electron chi connectivity index (χ0n) is 12.0. The minimum absolute atomic E-state index is 0.0946. The fraction of sp³-hybridized carbons (Fsp3) is 0.0714. The summed E-state index contributed by atoms with van der Waals surface area (Å²) in [6.07, 6.45) is 0. The van der Waals surface area contributed by atoms with E-state index in [9.17, 15) is 13.2 Å². The molecule has 7 nitrogen and oxygen atoms in total. The molecule has 2 rings (SSSR count). The lowest BCUT2D eigenvalue weighted by Gasteiger charge is -2.10. The molecule has 0 aliphatic heterocycles. The number of sulfonamides is 1. The van der Waals surface area contributed by atoms with Gasteiger partial charge in [-0.15, -0.1) is 0 Å². The number of hydrogen-bond acceptors (Lipinski definition) is 4. The van der Waals surface area contributed by atoms with Gasteiger partial charge in [0.25, 0.3) is 0 Å². The predicted octanol–water partition coefficient (Wildman–Crippen LogP) is 2.64. The maximum Gasteiger partial charge on any atom is 0.323 e. The summed E-state index contributed by atoms with van der Waals surface area (Å²) in [6, 6.07) is 9.80. The van der Waals surface area contributed by atoms with Gasteiger partial charge in [0.15, 0.2) is 0 Å². The second-order valence-electron chi connectivity index (χ2n) is 4.50. The second-order valence-corrected chi connectivity index (χ2v) is 6.47. The molecule has 2 amide bonds. The molecule has 23 heavy (non-hydrogen) atoms. The predicted molar refractivity (Wildman–Crippen MR) is 88.5 cm³/mol. The van der Waals surface area contributed by atoms with Crippen LogP contribution in [0.15, 0.2) is 47.4 Å². The Bertz CT molecular complexity index is 840. The molecule has 0 bridgehead atoms. The molecule has 9 heteroatoms. The third kappa shape index (κ3) is 4.59. The van der Waals surface area contributed by atoms with Crippen LogP contribution in [0.5, 0.6) is 5.75 Å². The smallest absolute Gasteiger partial charge is 0.323 e. The molecule has 0 saturated carbocycles. The monoisotopic (exact) mass is 355 g/mol. The van der Waals surface area contributed by atoms with E-state index in [0.29, 0.717) is 16.5 Å². The highest BCUT2D eigenvalue weighted by Gasteiger charge is 2.10.